The molecule has 180 valence electrons. The zero-order valence-corrected chi connectivity index (χ0v) is 19.4. The van der Waals surface area contributed by atoms with Crippen LogP contribution in [0.15, 0.2) is 72.9 Å². The average Bonchev–Trinajstić information content (AvgIpc) is 3.31. The minimum Gasteiger partial charge on any atom is -0.493 e. The predicted octanol–water partition coefficient (Wildman–Crippen LogP) is 4.00. The summed E-state index contributed by atoms with van der Waals surface area (Å²) in [5, 5.41) is 6.51. The van der Waals surface area contributed by atoms with Crippen molar-refractivity contribution in [2.75, 3.05) is 27.3 Å². The van der Waals surface area contributed by atoms with Gasteiger partial charge in [-0.3, -0.25) is 9.59 Å². The van der Waals surface area contributed by atoms with Crippen LogP contribution < -0.4 is 20.1 Å². The van der Waals surface area contributed by atoms with Gasteiger partial charge >= 0.3 is 0 Å². The van der Waals surface area contributed by atoms with Crippen LogP contribution in [0.1, 0.15) is 27.4 Å². The maximum absolute atomic E-state index is 13.1. The highest BCUT2D eigenvalue weighted by atomic mass is 19.1. The number of benzene rings is 3. The number of aromatic nitrogens is 1. The highest BCUT2D eigenvalue weighted by molar-refractivity contribution is 5.96. The van der Waals surface area contributed by atoms with Crippen molar-refractivity contribution in [3.05, 3.63) is 95.4 Å². The fourth-order valence-electron chi connectivity index (χ4n) is 4.10. The van der Waals surface area contributed by atoms with Crippen LogP contribution in [0, 0.1) is 5.82 Å². The van der Waals surface area contributed by atoms with Crippen molar-refractivity contribution in [3.8, 4) is 11.5 Å². The standard InChI is InChI=1S/C27H26FN3O4/c1-34-24-9-5-7-20(26(24)35-2)22(21-14-29-23-8-4-3-6-19(21)23)15-30-25(32)16-31-27(33)17-10-12-18(28)13-11-17/h3-14,22,29H,15-16H2,1-2H3,(H,30,32)(H,31,33). The number of aromatic amines is 1. The molecule has 0 spiro atoms. The van der Waals surface area contributed by atoms with Crippen molar-refractivity contribution in [2.24, 2.45) is 0 Å². The Kier molecular flexibility index (Phi) is 7.30. The van der Waals surface area contributed by atoms with Crippen LogP contribution in [0.4, 0.5) is 4.39 Å². The van der Waals surface area contributed by atoms with E-state index < -0.39 is 11.7 Å². The third kappa shape index (κ3) is 5.27. The number of nitrogens with one attached hydrogen (secondary N) is 3. The molecule has 4 aromatic rings. The van der Waals surface area contributed by atoms with Crippen molar-refractivity contribution < 1.29 is 23.5 Å². The first-order valence-electron chi connectivity index (χ1n) is 11.1. The van der Waals surface area contributed by atoms with Gasteiger partial charge in [0.2, 0.25) is 5.91 Å². The van der Waals surface area contributed by atoms with E-state index in [-0.39, 0.29) is 30.5 Å². The fraction of sp³-hybridized carbons (Fsp3) is 0.185. The van der Waals surface area contributed by atoms with Crippen molar-refractivity contribution in [1.29, 1.82) is 0 Å². The molecule has 0 aliphatic rings. The molecule has 3 N–H and O–H groups in total. The molecule has 35 heavy (non-hydrogen) atoms. The lowest BCUT2D eigenvalue weighted by molar-refractivity contribution is -0.120. The molecule has 7 nitrogen and oxygen atoms in total. The Balaban J connectivity index is 1.54. The van der Waals surface area contributed by atoms with E-state index in [1.54, 1.807) is 14.2 Å². The van der Waals surface area contributed by atoms with Gasteiger partial charge in [-0.05, 0) is 42.0 Å². The maximum Gasteiger partial charge on any atom is 0.251 e. The number of ether oxygens (including phenoxy) is 2. The molecule has 0 saturated carbocycles. The third-order valence-electron chi connectivity index (χ3n) is 5.82. The molecular weight excluding hydrogens is 449 g/mol. The molecule has 0 aliphatic heterocycles. The van der Waals surface area contributed by atoms with E-state index in [1.807, 2.05) is 48.7 Å². The predicted molar refractivity (Wildman–Crippen MR) is 131 cm³/mol. The maximum atomic E-state index is 13.1. The van der Waals surface area contributed by atoms with Gasteiger partial charge in [0.1, 0.15) is 5.82 Å². The molecular formula is C27H26FN3O4. The summed E-state index contributed by atoms with van der Waals surface area (Å²) in [5.74, 6) is -0.324. The molecule has 4 rings (SSSR count). The summed E-state index contributed by atoms with van der Waals surface area (Å²) in [7, 11) is 3.16. The van der Waals surface area contributed by atoms with Gasteiger partial charge in [-0.25, -0.2) is 4.39 Å². The number of hydrogen-bond donors (Lipinski definition) is 3. The van der Waals surface area contributed by atoms with Crippen LogP contribution >= 0.6 is 0 Å². The first kappa shape index (κ1) is 23.8. The SMILES string of the molecule is COc1cccc(C(CNC(=O)CNC(=O)c2ccc(F)cc2)c2c[nH]c3ccccc23)c1OC. The second kappa shape index (κ2) is 10.7. The number of methoxy groups -OCH3 is 2. The van der Waals surface area contributed by atoms with E-state index in [0.717, 1.165) is 22.0 Å². The summed E-state index contributed by atoms with van der Waals surface area (Å²) in [6.45, 7) is 0.0443. The van der Waals surface area contributed by atoms with Crippen LogP contribution in [-0.4, -0.2) is 44.1 Å². The number of amides is 2. The number of rotatable bonds is 9. The molecule has 0 aliphatic carbocycles. The van der Waals surface area contributed by atoms with Crippen LogP contribution in [0.2, 0.25) is 0 Å². The first-order valence-corrected chi connectivity index (χ1v) is 11.1. The normalized spacial score (nSPS) is 11.6. The lowest BCUT2D eigenvalue weighted by atomic mass is 9.90. The van der Waals surface area contributed by atoms with Crippen LogP contribution in [0.5, 0.6) is 11.5 Å². The molecule has 0 saturated heterocycles. The number of carbonyl (C=O) groups excluding carboxylic acids is 2. The molecule has 3 aromatic carbocycles. The molecule has 1 aromatic heterocycles. The van der Waals surface area contributed by atoms with Gasteiger partial charge < -0.3 is 25.1 Å². The Morgan fingerprint density at radius 3 is 2.43 bits per heavy atom. The molecule has 1 unspecified atom stereocenters. The topological polar surface area (TPSA) is 92.5 Å². The third-order valence-corrected chi connectivity index (χ3v) is 5.82. The second-order valence-corrected chi connectivity index (χ2v) is 7.92. The van der Waals surface area contributed by atoms with Crippen molar-refractivity contribution >= 4 is 22.7 Å². The summed E-state index contributed by atoms with van der Waals surface area (Å²) in [6.07, 6.45) is 1.93. The van der Waals surface area contributed by atoms with Gasteiger partial charge in [0.25, 0.3) is 5.91 Å². The van der Waals surface area contributed by atoms with Gasteiger partial charge in [0.15, 0.2) is 11.5 Å². The van der Waals surface area contributed by atoms with E-state index in [2.05, 4.69) is 15.6 Å². The van der Waals surface area contributed by atoms with E-state index in [1.165, 1.54) is 24.3 Å². The lowest BCUT2D eigenvalue weighted by Crippen LogP contribution is -2.38. The van der Waals surface area contributed by atoms with Crippen LogP contribution in [-0.2, 0) is 4.79 Å². The number of hydrogen-bond acceptors (Lipinski definition) is 4. The van der Waals surface area contributed by atoms with E-state index in [9.17, 15) is 14.0 Å². The zero-order chi connectivity index (χ0) is 24.8. The Labute approximate surface area is 202 Å². The largest absolute Gasteiger partial charge is 0.493 e. The fourth-order valence-corrected chi connectivity index (χ4v) is 4.10. The molecule has 2 amide bonds. The number of halogens is 1. The van der Waals surface area contributed by atoms with Crippen molar-refractivity contribution in [3.63, 3.8) is 0 Å². The number of para-hydroxylation sites is 2. The minimum absolute atomic E-state index is 0.216. The molecule has 0 fully saturated rings. The highest BCUT2D eigenvalue weighted by Gasteiger charge is 2.24. The lowest BCUT2D eigenvalue weighted by Gasteiger charge is -2.22. The van der Waals surface area contributed by atoms with Gasteiger partial charge in [-0.15, -0.1) is 0 Å². The summed E-state index contributed by atoms with van der Waals surface area (Å²) in [6, 6.07) is 18.7. The summed E-state index contributed by atoms with van der Waals surface area (Å²) >= 11 is 0. The Hall–Kier alpha value is -4.33. The highest BCUT2D eigenvalue weighted by Crippen LogP contribution is 2.40. The van der Waals surface area contributed by atoms with Gasteiger partial charge in [0.05, 0.1) is 20.8 Å². The minimum atomic E-state index is -0.456. The van der Waals surface area contributed by atoms with Crippen LogP contribution in [0.25, 0.3) is 10.9 Å². The quantitative estimate of drug-likeness (QED) is 0.341. The van der Waals surface area contributed by atoms with E-state index in [0.29, 0.717) is 11.5 Å². The monoisotopic (exact) mass is 475 g/mol. The Bertz CT molecular complexity index is 1330. The molecule has 0 radical (unpaired) electrons. The first-order chi connectivity index (χ1) is 17.0. The van der Waals surface area contributed by atoms with Gasteiger partial charge in [-0.2, -0.15) is 0 Å². The zero-order valence-electron chi connectivity index (χ0n) is 19.4. The number of H-pyrrole nitrogens is 1. The Morgan fingerprint density at radius 2 is 1.69 bits per heavy atom. The van der Waals surface area contributed by atoms with Crippen molar-refractivity contribution in [2.45, 2.75) is 5.92 Å². The second-order valence-electron chi connectivity index (χ2n) is 7.92. The Morgan fingerprint density at radius 1 is 0.914 bits per heavy atom. The van der Waals surface area contributed by atoms with Crippen molar-refractivity contribution in [1.82, 2.24) is 15.6 Å². The molecule has 1 atom stereocenters. The summed E-state index contributed by atoms with van der Waals surface area (Å²) in [4.78, 5) is 28.2. The van der Waals surface area contributed by atoms with E-state index in [4.69, 9.17) is 9.47 Å². The van der Waals surface area contributed by atoms with Crippen LogP contribution in [0.3, 0.4) is 0 Å². The smallest absolute Gasteiger partial charge is 0.251 e. The molecule has 0 bridgehead atoms. The van der Waals surface area contributed by atoms with Gasteiger partial charge in [-0.1, -0.05) is 30.3 Å². The number of fused-ring (bicyclic) bond motifs is 1. The van der Waals surface area contributed by atoms with Gasteiger partial charge in [0, 0.05) is 40.7 Å². The van der Waals surface area contributed by atoms with E-state index >= 15 is 0 Å². The summed E-state index contributed by atoms with van der Waals surface area (Å²) in [5.41, 5.74) is 3.10. The average molecular weight is 476 g/mol. The molecule has 1 heterocycles. The molecule has 8 heteroatoms. The number of carbonyl (C=O) groups is 2. The summed E-state index contributed by atoms with van der Waals surface area (Å²) < 4.78 is 24.2.